The summed E-state index contributed by atoms with van der Waals surface area (Å²) >= 11 is 0. The van der Waals surface area contributed by atoms with Crippen LogP contribution in [0.2, 0.25) is 0 Å². The maximum atomic E-state index is 10.2. The van der Waals surface area contributed by atoms with Gasteiger partial charge < -0.3 is 14.9 Å². The predicted octanol–water partition coefficient (Wildman–Crippen LogP) is 5.75. The van der Waals surface area contributed by atoms with Crippen molar-refractivity contribution in [2.45, 2.75) is 71.7 Å². The van der Waals surface area contributed by atoms with E-state index in [0.29, 0.717) is 6.42 Å². The third-order valence-corrected chi connectivity index (χ3v) is 6.12. The monoisotopic (exact) mass is 410 g/mol. The van der Waals surface area contributed by atoms with Gasteiger partial charge in [-0.3, -0.25) is 0 Å². The van der Waals surface area contributed by atoms with Crippen LogP contribution in [-0.4, -0.2) is 34.1 Å². The van der Waals surface area contributed by atoms with Crippen LogP contribution in [0.15, 0.2) is 83.6 Å². The molecule has 2 fully saturated rings. The number of aliphatic hydroxyl groups is 2. The van der Waals surface area contributed by atoms with Crippen molar-refractivity contribution >= 4 is 0 Å². The largest absolute Gasteiger partial charge is 0.393 e. The van der Waals surface area contributed by atoms with Crippen LogP contribution in [0.25, 0.3) is 0 Å². The summed E-state index contributed by atoms with van der Waals surface area (Å²) in [5.41, 5.74) is 2.80. The quantitative estimate of drug-likeness (QED) is 0.396. The Bertz CT molecular complexity index is 819. The average molecular weight is 411 g/mol. The van der Waals surface area contributed by atoms with Crippen LogP contribution < -0.4 is 0 Å². The van der Waals surface area contributed by atoms with Crippen molar-refractivity contribution in [3.05, 3.63) is 83.6 Å². The molecule has 1 aliphatic heterocycles. The molecule has 0 spiro atoms. The van der Waals surface area contributed by atoms with Gasteiger partial charge in [0.2, 0.25) is 0 Å². The molecule has 0 amide bonds. The lowest BCUT2D eigenvalue weighted by atomic mass is 9.63. The highest BCUT2D eigenvalue weighted by Gasteiger charge is 2.74. The molecule has 3 atom stereocenters. The van der Waals surface area contributed by atoms with Gasteiger partial charge in [-0.05, 0) is 40.2 Å². The second-order valence-electron chi connectivity index (χ2n) is 9.41. The fraction of sp³-hybridized carbons (Fsp3) is 0.481. The zero-order valence-corrected chi connectivity index (χ0v) is 19.4. The second kappa shape index (κ2) is 9.91. The molecule has 2 N–H and O–H groups in total. The summed E-state index contributed by atoms with van der Waals surface area (Å²) in [6, 6.07) is 0. The molecule has 1 heterocycles. The molecule has 0 aromatic heterocycles. The summed E-state index contributed by atoms with van der Waals surface area (Å²) in [5, 5.41) is 18.9. The molecule has 3 unspecified atom stereocenters. The molecule has 3 heteroatoms. The van der Waals surface area contributed by atoms with Crippen LogP contribution in [0, 0.1) is 5.41 Å². The first-order valence-electron chi connectivity index (χ1n) is 10.8. The van der Waals surface area contributed by atoms with Crippen LogP contribution in [0.1, 0.15) is 54.4 Å². The van der Waals surface area contributed by atoms with Crippen LogP contribution in [0.5, 0.6) is 0 Å². The number of epoxide rings is 1. The number of allylic oxidation sites excluding steroid dienone is 12. The number of aliphatic hydroxyl groups excluding tert-OH is 2. The summed E-state index contributed by atoms with van der Waals surface area (Å²) < 4.78 is 6.20. The van der Waals surface area contributed by atoms with Crippen LogP contribution in [-0.2, 0) is 4.74 Å². The Balaban J connectivity index is 1.95. The Morgan fingerprint density at radius 3 is 2.03 bits per heavy atom. The normalized spacial score (nSPS) is 32.7. The lowest BCUT2D eigenvalue weighted by Gasteiger charge is -2.39. The van der Waals surface area contributed by atoms with E-state index >= 15 is 0 Å². The van der Waals surface area contributed by atoms with Crippen molar-refractivity contribution in [1.29, 1.82) is 0 Å². The molecule has 1 saturated heterocycles. The molecule has 30 heavy (non-hydrogen) atoms. The maximum Gasteiger partial charge on any atom is 0.121 e. The van der Waals surface area contributed by atoms with Gasteiger partial charge in [-0.25, -0.2) is 0 Å². The SMILES string of the molecule is CC(C=CCO)=C/C=C/C=C(C)/C=C/C=C(C)/C=C/C12OC1(C)CC(O)CC2(C)C. The Hall–Kier alpha value is -1.94. The van der Waals surface area contributed by atoms with E-state index in [9.17, 15) is 5.11 Å². The lowest BCUT2D eigenvalue weighted by Crippen LogP contribution is -2.46. The summed E-state index contributed by atoms with van der Waals surface area (Å²) in [6.45, 7) is 12.7. The first-order chi connectivity index (χ1) is 14.1. The predicted molar refractivity (Wildman–Crippen MR) is 126 cm³/mol. The molecular formula is C27H38O3. The van der Waals surface area contributed by atoms with E-state index in [1.54, 1.807) is 6.08 Å². The number of hydrogen-bond donors (Lipinski definition) is 2. The Morgan fingerprint density at radius 2 is 1.43 bits per heavy atom. The molecule has 1 saturated carbocycles. The molecule has 2 rings (SSSR count). The molecule has 164 valence electrons. The Morgan fingerprint density at radius 1 is 0.867 bits per heavy atom. The number of rotatable bonds is 8. The van der Waals surface area contributed by atoms with Gasteiger partial charge in [0.15, 0.2) is 0 Å². The van der Waals surface area contributed by atoms with Crippen LogP contribution >= 0.6 is 0 Å². The molecule has 0 aromatic rings. The van der Waals surface area contributed by atoms with Crippen molar-refractivity contribution < 1.29 is 14.9 Å². The topological polar surface area (TPSA) is 53.0 Å². The lowest BCUT2D eigenvalue weighted by molar-refractivity contribution is 0.0515. The second-order valence-corrected chi connectivity index (χ2v) is 9.41. The molecule has 3 nitrogen and oxygen atoms in total. The molecule has 2 aliphatic rings. The molecular weight excluding hydrogens is 372 g/mol. The highest BCUT2D eigenvalue weighted by Crippen LogP contribution is 2.66. The van der Waals surface area contributed by atoms with Gasteiger partial charge in [0, 0.05) is 11.8 Å². The van der Waals surface area contributed by atoms with Crippen molar-refractivity contribution in [3.8, 4) is 0 Å². The van der Waals surface area contributed by atoms with E-state index in [4.69, 9.17) is 9.84 Å². The minimum Gasteiger partial charge on any atom is -0.393 e. The third-order valence-electron chi connectivity index (χ3n) is 6.12. The minimum absolute atomic E-state index is 0.0645. The molecule has 0 aromatic carbocycles. The van der Waals surface area contributed by atoms with Gasteiger partial charge in [0.1, 0.15) is 11.2 Å². The summed E-state index contributed by atoms with van der Waals surface area (Å²) in [6.07, 6.45) is 23.5. The number of ether oxygens (including phenoxy) is 1. The zero-order valence-electron chi connectivity index (χ0n) is 19.4. The fourth-order valence-electron chi connectivity index (χ4n) is 4.50. The summed E-state index contributed by atoms with van der Waals surface area (Å²) in [4.78, 5) is 0. The van der Waals surface area contributed by atoms with Crippen molar-refractivity contribution in [2.75, 3.05) is 6.61 Å². The van der Waals surface area contributed by atoms with Crippen LogP contribution in [0.3, 0.4) is 0 Å². The van der Waals surface area contributed by atoms with Gasteiger partial charge in [-0.2, -0.15) is 0 Å². The molecule has 0 radical (unpaired) electrons. The third kappa shape index (κ3) is 5.81. The van der Waals surface area contributed by atoms with Gasteiger partial charge in [-0.1, -0.05) is 91.3 Å². The van der Waals surface area contributed by atoms with E-state index in [1.807, 2.05) is 31.2 Å². The standard InChI is InChI=1S/C27H38O3/c1-21(11-7-8-12-22(2)15-10-18-28)13-9-14-23(3)16-17-27-25(4,5)19-24(29)20-26(27,6)30-27/h7-17,24,28-29H,18-20H2,1-6H3/b8-7+,13-9+,15-10?,17-16+,21-11+,22-12?,23-14+. The highest BCUT2D eigenvalue weighted by atomic mass is 16.6. The van der Waals surface area contributed by atoms with Gasteiger partial charge in [-0.15, -0.1) is 0 Å². The average Bonchev–Trinajstić information content (AvgIpc) is 3.27. The van der Waals surface area contributed by atoms with Gasteiger partial charge in [0.05, 0.1) is 12.7 Å². The minimum atomic E-state index is -0.283. The molecule has 1 aliphatic carbocycles. The smallest absolute Gasteiger partial charge is 0.121 e. The van der Waals surface area contributed by atoms with Crippen molar-refractivity contribution in [3.63, 3.8) is 0 Å². The van der Waals surface area contributed by atoms with E-state index in [-0.39, 0.29) is 29.3 Å². The van der Waals surface area contributed by atoms with Gasteiger partial charge >= 0.3 is 0 Å². The van der Waals surface area contributed by atoms with Crippen molar-refractivity contribution in [2.24, 2.45) is 5.41 Å². The number of fused-ring (bicyclic) bond motifs is 1. The van der Waals surface area contributed by atoms with Crippen molar-refractivity contribution in [1.82, 2.24) is 0 Å². The first-order valence-corrected chi connectivity index (χ1v) is 10.8. The van der Waals surface area contributed by atoms with Gasteiger partial charge in [0.25, 0.3) is 0 Å². The van der Waals surface area contributed by atoms with E-state index in [2.05, 4.69) is 71.1 Å². The maximum absolute atomic E-state index is 10.2. The summed E-state index contributed by atoms with van der Waals surface area (Å²) in [7, 11) is 0. The summed E-state index contributed by atoms with van der Waals surface area (Å²) in [5.74, 6) is 0. The Kier molecular flexibility index (Phi) is 8.04. The van der Waals surface area contributed by atoms with E-state index < -0.39 is 0 Å². The highest BCUT2D eigenvalue weighted by molar-refractivity contribution is 5.36. The fourth-order valence-corrected chi connectivity index (χ4v) is 4.50. The van der Waals surface area contributed by atoms with E-state index in [0.717, 1.165) is 23.1 Å². The zero-order chi connectivity index (χ0) is 22.4. The van der Waals surface area contributed by atoms with Crippen LogP contribution in [0.4, 0.5) is 0 Å². The number of hydrogen-bond acceptors (Lipinski definition) is 3. The Labute approximate surface area is 182 Å². The first kappa shape index (κ1) is 24.3. The molecule has 0 bridgehead atoms. The van der Waals surface area contributed by atoms with E-state index in [1.165, 1.54) is 0 Å².